The highest BCUT2D eigenvalue weighted by Gasteiger charge is 2.46. The average Bonchev–Trinajstić information content (AvgIpc) is 3.38. The number of anilines is 1. The van der Waals surface area contributed by atoms with E-state index in [0.29, 0.717) is 17.4 Å². The molecule has 4 unspecified atom stereocenters. The van der Waals surface area contributed by atoms with E-state index in [0.717, 1.165) is 19.4 Å². The third-order valence-corrected chi connectivity index (χ3v) is 6.82. The Balaban J connectivity index is 1.53. The van der Waals surface area contributed by atoms with Gasteiger partial charge in [0.25, 0.3) is 0 Å². The fourth-order valence-electron chi connectivity index (χ4n) is 3.83. The topological polar surface area (TPSA) is 116 Å². The number of rotatable bonds is 5. The molecule has 1 aromatic carbocycles. The molecule has 9 nitrogen and oxygen atoms in total. The number of fused-ring (bicyclic) bond motifs is 2. The van der Waals surface area contributed by atoms with Crippen molar-refractivity contribution in [1.29, 1.82) is 0 Å². The summed E-state index contributed by atoms with van der Waals surface area (Å²) in [4.78, 5) is 4.25. The first-order valence-electron chi connectivity index (χ1n) is 8.59. The summed E-state index contributed by atoms with van der Waals surface area (Å²) in [5, 5.41) is 20.5. The van der Waals surface area contributed by atoms with Gasteiger partial charge in [-0.15, -0.1) is 0 Å². The van der Waals surface area contributed by atoms with Crippen molar-refractivity contribution >= 4 is 44.3 Å². The van der Waals surface area contributed by atoms with Crippen molar-refractivity contribution in [2.45, 2.75) is 24.9 Å². The Hall–Kier alpha value is -1.89. The van der Waals surface area contributed by atoms with E-state index in [2.05, 4.69) is 36.6 Å². The molecule has 2 bridgehead atoms. The summed E-state index contributed by atoms with van der Waals surface area (Å²) in [5.74, 6) is 0.292. The number of aliphatic imine (C=N–C) groups is 1. The van der Waals surface area contributed by atoms with E-state index < -0.39 is 16.8 Å². The minimum absolute atomic E-state index is 0.0155. The molecule has 0 spiro atoms. The standard InChI is InChI=1S/C16H18BrFN6O3S/c1-28(26)24-7-8-4-10(24)6-13(8)20-16-14(22-27-23-16)15(21-25)19-9-2-3-12(18)11(17)5-9/h2-3,5,8,10,13,25H,4,6-7H2,1H3,(H,19,21)(H,20,23). The van der Waals surface area contributed by atoms with Gasteiger partial charge in [-0.1, -0.05) is 0 Å². The first-order valence-corrected chi connectivity index (χ1v) is 10.9. The first-order chi connectivity index (χ1) is 13.5. The summed E-state index contributed by atoms with van der Waals surface area (Å²) in [6.07, 6.45) is 3.51. The van der Waals surface area contributed by atoms with Gasteiger partial charge in [-0.05, 0) is 63.2 Å². The normalized spacial score (nSPS) is 25.9. The molecular weight excluding hydrogens is 455 g/mol. The van der Waals surface area contributed by atoms with Gasteiger partial charge < -0.3 is 5.32 Å². The van der Waals surface area contributed by atoms with Crippen molar-refractivity contribution in [3.63, 3.8) is 0 Å². The van der Waals surface area contributed by atoms with Crippen molar-refractivity contribution in [3.05, 3.63) is 34.2 Å². The van der Waals surface area contributed by atoms with Crippen LogP contribution in [-0.2, 0) is 11.0 Å². The molecule has 1 saturated carbocycles. The van der Waals surface area contributed by atoms with Gasteiger partial charge in [0.05, 0.1) is 21.1 Å². The van der Waals surface area contributed by atoms with Gasteiger partial charge in [-0.3, -0.25) is 10.7 Å². The van der Waals surface area contributed by atoms with Crippen LogP contribution in [0.1, 0.15) is 18.5 Å². The molecule has 4 atom stereocenters. The van der Waals surface area contributed by atoms with Crippen LogP contribution in [0.3, 0.4) is 0 Å². The molecule has 12 heteroatoms. The molecule has 28 heavy (non-hydrogen) atoms. The maximum atomic E-state index is 13.4. The number of hydrogen-bond donors (Lipinski definition) is 3. The molecule has 2 fully saturated rings. The second kappa shape index (κ2) is 7.85. The molecule has 1 aliphatic heterocycles. The second-order valence-electron chi connectivity index (χ2n) is 6.79. The predicted octanol–water partition coefficient (Wildman–Crippen LogP) is 2.20. The van der Waals surface area contributed by atoms with E-state index in [-0.39, 0.29) is 28.1 Å². The van der Waals surface area contributed by atoms with E-state index in [9.17, 15) is 13.8 Å². The van der Waals surface area contributed by atoms with Gasteiger partial charge in [-0.2, -0.15) is 0 Å². The molecule has 2 heterocycles. The Morgan fingerprint density at radius 2 is 2.29 bits per heavy atom. The Labute approximate surface area is 171 Å². The van der Waals surface area contributed by atoms with Crippen LogP contribution in [0.5, 0.6) is 0 Å². The third-order valence-electron chi connectivity index (χ3n) is 5.11. The number of hydrogen-bond acceptors (Lipinski definition) is 7. The molecule has 1 saturated heterocycles. The van der Waals surface area contributed by atoms with E-state index in [1.165, 1.54) is 18.2 Å². The summed E-state index contributed by atoms with van der Waals surface area (Å²) in [7, 11) is -0.967. The second-order valence-corrected chi connectivity index (χ2v) is 8.96. The summed E-state index contributed by atoms with van der Waals surface area (Å²) in [6.45, 7) is 0.759. The summed E-state index contributed by atoms with van der Waals surface area (Å²) >= 11 is 3.10. The van der Waals surface area contributed by atoms with Gasteiger partial charge in [-0.25, -0.2) is 22.5 Å². The maximum absolute atomic E-state index is 13.4. The van der Waals surface area contributed by atoms with E-state index in [1.54, 1.807) is 6.26 Å². The summed E-state index contributed by atoms with van der Waals surface area (Å²) in [5.41, 5.74) is 2.61. The Kier molecular flexibility index (Phi) is 5.45. The van der Waals surface area contributed by atoms with Gasteiger partial charge in [0, 0.05) is 24.9 Å². The SMILES string of the molecule is CS(=O)N1CC2CC1CC2Nc1nonc1C(=Nc1ccc(F)c(Br)c1)NO. The quantitative estimate of drug-likeness (QED) is 0.347. The predicted molar refractivity (Wildman–Crippen MR) is 104 cm³/mol. The Morgan fingerprint density at radius 3 is 2.93 bits per heavy atom. The van der Waals surface area contributed by atoms with Gasteiger partial charge in [0.15, 0.2) is 11.5 Å². The number of aromatic nitrogens is 2. The summed E-state index contributed by atoms with van der Waals surface area (Å²) in [6, 6.07) is 4.61. The molecule has 2 aliphatic rings. The zero-order chi connectivity index (χ0) is 19.8. The number of nitrogens with one attached hydrogen (secondary N) is 2. The first kappa shape index (κ1) is 19.4. The number of halogens is 2. The molecule has 0 radical (unpaired) electrons. The zero-order valence-corrected chi connectivity index (χ0v) is 17.2. The molecule has 150 valence electrons. The highest BCUT2D eigenvalue weighted by molar-refractivity contribution is 9.10. The van der Waals surface area contributed by atoms with Crippen molar-refractivity contribution in [2.75, 3.05) is 18.1 Å². The largest absolute Gasteiger partial charge is 0.362 e. The van der Waals surface area contributed by atoms with Crippen LogP contribution in [0.15, 0.2) is 32.3 Å². The van der Waals surface area contributed by atoms with Gasteiger partial charge >= 0.3 is 0 Å². The highest BCUT2D eigenvalue weighted by Crippen LogP contribution is 2.40. The van der Waals surface area contributed by atoms with Crippen LogP contribution in [0.2, 0.25) is 0 Å². The fraction of sp³-hybridized carbons (Fsp3) is 0.438. The van der Waals surface area contributed by atoms with Crippen LogP contribution in [0.25, 0.3) is 0 Å². The number of hydroxylamine groups is 1. The molecule has 2 aromatic rings. The minimum Gasteiger partial charge on any atom is -0.362 e. The van der Waals surface area contributed by atoms with Crippen LogP contribution in [0.4, 0.5) is 15.9 Å². The Morgan fingerprint density at radius 1 is 1.46 bits per heavy atom. The van der Waals surface area contributed by atoms with Crippen LogP contribution < -0.4 is 10.8 Å². The lowest BCUT2D eigenvalue weighted by atomic mass is 10.0. The van der Waals surface area contributed by atoms with E-state index in [4.69, 9.17) is 4.63 Å². The lowest BCUT2D eigenvalue weighted by Crippen LogP contribution is -2.41. The molecular formula is C16H18BrFN6O3S. The van der Waals surface area contributed by atoms with Crippen LogP contribution in [-0.4, -0.2) is 54.8 Å². The summed E-state index contributed by atoms with van der Waals surface area (Å²) < 4.78 is 32.3. The Bertz CT molecular complexity index is 941. The molecule has 0 amide bonds. The maximum Gasteiger partial charge on any atom is 0.202 e. The van der Waals surface area contributed by atoms with Gasteiger partial charge in [0.1, 0.15) is 5.82 Å². The van der Waals surface area contributed by atoms with Crippen LogP contribution in [0, 0.1) is 11.7 Å². The van der Waals surface area contributed by atoms with Crippen molar-refractivity contribution < 1.29 is 18.4 Å². The lowest BCUT2D eigenvalue weighted by Gasteiger charge is -2.29. The average molecular weight is 473 g/mol. The zero-order valence-electron chi connectivity index (χ0n) is 14.8. The van der Waals surface area contributed by atoms with E-state index in [1.807, 2.05) is 9.79 Å². The van der Waals surface area contributed by atoms with Crippen molar-refractivity contribution in [2.24, 2.45) is 10.9 Å². The lowest BCUT2D eigenvalue weighted by molar-refractivity contribution is 0.234. The number of amidine groups is 1. The number of nitrogens with zero attached hydrogens (tertiary/aromatic N) is 4. The van der Waals surface area contributed by atoms with Crippen molar-refractivity contribution in [3.8, 4) is 0 Å². The molecule has 4 rings (SSSR count). The number of benzene rings is 1. The minimum atomic E-state index is -0.967. The third kappa shape index (κ3) is 3.69. The van der Waals surface area contributed by atoms with Crippen LogP contribution >= 0.6 is 15.9 Å². The molecule has 1 aliphatic carbocycles. The smallest absolute Gasteiger partial charge is 0.202 e. The molecule has 3 N–H and O–H groups in total. The van der Waals surface area contributed by atoms with Gasteiger partial charge in [0.2, 0.25) is 5.82 Å². The highest BCUT2D eigenvalue weighted by atomic mass is 79.9. The number of piperidine rings is 1. The molecule has 1 aromatic heterocycles. The monoisotopic (exact) mass is 472 g/mol. The fourth-order valence-corrected chi connectivity index (χ4v) is 5.19. The van der Waals surface area contributed by atoms with E-state index >= 15 is 0 Å². The van der Waals surface area contributed by atoms with Crippen molar-refractivity contribution in [1.82, 2.24) is 20.1 Å².